The highest BCUT2D eigenvalue weighted by Crippen LogP contribution is 2.38. The number of hydrogen-bond donors (Lipinski definition) is 2. The molecule has 1 unspecified atom stereocenters. The fourth-order valence-corrected chi connectivity index (χ4v) is 6.52. The molecule has 44 heavy (non-hydrogen) atoms. The van der Waals surface area contributed by atoms with Crippen LogP contribution in [-0.4, -0.2) is 69.2 Å². The molecule has 4 aromatic rings. The summed E-state index contributed by atoms with van der Waals surface area (Å²) in [7, 11) is -4.00. The Morgan fingerprint density at radius 1 is 1.05 bits per heavy atom. The highest BCUT2D eigenvalue weighted by atomic mass is 35.5. The number of halogens is 5. The molecule has 2 aliphatic rings. The Morgan fingerprint density at radius 3 is 2.34 bits per heavy atom. The lowest BCUT2D eigenvalue weighted by atomic mass is 9.81. The standard InChI is InChI=1S/C22H23Cl2F3N6O.C6H6O3S/c1-12(16-5-4-15(23)7-17(16)24)33-21-19(20(30-33)22(25,26)27)28-8-18(29-21)31-9-14(10-31)13-3-2-6-32(34)11-13;7-10(8,9)6-4-2-1-3-5-6/h4-5,7-8,12-14,34H,2-3,6,9-11H2,1H3;1-5H,(H,7,8,9)/t12?,13-;/m0./s1. The van der Waals surface area contributed by atoms with Crippen molar-refractivity contribution in [3.63, 3.8) is 0 Å². The summed E-state index contributed by atoms with van der Waals surface area (Å²) in [6.45, 7) is 4.48. The van der Waals surface area contributed by atoms with E-state index in [1.807, 2.05) is 4.90 Å². The predicted octanol–water partition coefficient (Wildman–Crippen LogP) is 6.23. The van der Waals surface area contributed by atoms with Crippen molar-refractivity contribution < 1.29 is 31.3 Å². The molecule has 2 aromatic heterocycles. The summed E-state index contributed by atoms with van der Waals surface area (Å²) in [4.78, 5) is 10.6. The van der Waals surface area contributed by atoms with Gasteiger partial charge in [0.2, 0.25) is 0 Å². The first-order chi connectivity index (χ1) is 20.7. The monoisotopic (exact) mass is 672 g/mol. The molecule has 2 aliphatic heterocycles. The molecule has 2 atom stereocenters. The highest BCUT2D eigenvalue weighted by Gasteiger charge is 2.40. The van der Waals surface area contributed by atoms with Crippen LogP contribution in [0.3, 0.4) is 0 Å². The first-order valence-electron chi connectivity index (χ1n) is 13.7. The molecular formula is C28H29Cl2F3N6O4S. The van der Waals surface area contributed by atoms with Gasteiger partial charge in [-0.25, -0.2) is 14.6 Å². The second-order valence-electron chi connectivity index (χ2n) is 10.8. The Kier molecular flexibility index (Phi) is 9.40. The van der Waals surface area contributed by atoms with E-state index in [1.54, 1.807) is 43.3 Å². The van der Waals surface area contributed by atoms with E-state index in [4.69, 9.17) is 27.8 Å². The number of anilines is 1. The molecule has 2 N–H and O–H groups in total. The maximum atomic E-state index is 13.7. The summed E-state index contributed by atoms with van der Waals surface area (Å²) >= 11 is 12.3. The summed E-state index contributed by atoms with van der Waals surface area (Å²) in [5.74, 6) is 1.29. The van der Waals surface area contributed by atoms with Crippen molar-refractivity contribution in [2.75, 3.05) is 31.1 Å². The topological polar surface area (TPSA) is 125 Å². The van der Waals surface area contributed by atoms with E-state index in [1.165, 1.54) is 28.1 Å². The minimum Gasteiger partial charge on any atom is -0.355 e. The summed E-state index contributed by atoms with van der Waals surface area (Å²) in [6, 6.07) is 11.6. The van der Waals surface area contributed by atoms with E-state index in [0.717, 1.165) is 25.9 Å². The number of aromatic nitrogens is 4. The number of hydrogen-bond acceptors (Lipinski definition) is 8. The van der Waals surface area contributed by atoms with Crippen LogP contribution in [-0.2, 0) is 16.3 Å². The van der Waals surface area contributed by atoms with Crippen LogP contribution < -0.4 is 4.90 Å². The number of benzene rings is 2. The Balaban J connectivity index is 0.000000328. The van der Waals surface area contributed by atoms with Gasteiger partial charge in [-0.1, -0.05) is 47.5 Å². The van der Waals surface area contributed by atoms with E-state index in [9.17, 15) is 26.8 Å². The van der Waals surface area contributed by atoms with Crippen molar-refractivity contribution in [1.29, 1.82) is 0 Å². The van der Waals surface area contributed by atoms with Gasteiger partial charge in [0.1, 0.15) is 11.3 Å². The smallest absolute Gasteiger partial charge is 0.355 e. The Labute approximate surface area is 261 Å². The average molecular weight is 674 g/mol. The molecule has 4 heterocycles. The second kappa shape index (κ2) is 12.8. The van der Waals surface area contributed by atoms with Gasteiger partial charge in [0.25, 0.3) is 10.1 Å². The summed E-state index contributed by atoms with van der Waals surface area (Å²) in [6.07, 6.45) is -1.30. The van der Waals surface area contributed by atoms with Gasteiger partial charge in [-0.3, -0.25) is 4.55 Å². The molecule has 0 radical (unpaired) electrons. The molecule has 6 rings (SSSR count). The third-order valence-corrected chi connectivity index (χ3v) is 9.25. The summed E-state index contributed by atoms with van der Waals surface area (Å²) in [5.41, 5.74) is -0.754. The number of rotatable bonds is 5. The largest absolute Gasteiger partial charge is 0.437 e. The fraction of sp³-hybridized carbons (Fsp3) is 0.393. The molecule has 0 saturated carbocycles. The maximum Gasteiger partial charge on any atom is 0.437 e. The van der Waals surface area contributed by atoms with Crippen LogP contribution >= 0.6 is 23.2 Å². The molecule has 2 fully saturated rings. The number of piperidine rings is 1. The maximum absolute atomic E-state index is 13.7. The van der Waals surface area contributed by atoms with E-state index in [-0.39, 0.29) is 16.1 Å². The van der Waals surface area contributed by atoms with Crippen LogP contribution in [0.1, 0.15) is 37.1 Å². The molecular weight excluding hydrogens is 644 g/mol. The second-order valence-corrected chi connectivity index (χ2v) is 13.1. The number of alkyl halides is 3. The van der Waals surface area contributed by atoms with Crippen molar-refractivity contribution in [3.05, 3.63) is 76.0 Å². The van der Waals surface area contributed by atoms with Crippen molar-refractivity contribution in [1.82, 2.24) is 24.8 Å². The van der Waals surface area contributed by atoms with Crippen molar-refractivity contribution in [3.8, 4) is 0 Å². The van der Waals surface area contributed by atoms with Crippen LogP contribution in [0.4, 0.5) is 19.0 Å². The van der Waals surface area contributed by atoms with Gasteiger partial charge in [-0.15, -0.1) is 0 Å². The molecule has 0 spiro atoms. The van der Waals surface area contributed by atoms with E-state index < -0.39 is 28.0 Å². The highest BCUT2D eigenvalue weighted by molar-refractivity contribution is 7.85. The van der Waals surface area contributed by atoms with Crippen LogP contribution in [0.5, 0.6) is 0 Å². The predicted molar refractivity (Wildman–Crippen MR) is 159 cm³/mol. The van der Waals surface area contributed by atoms with Gasteiger partial charge < -0.3 is 10.1 Å². The van der Waals surface area contributed by atoms with Gasteiger partial charge in [-0.05, 0) is 61.4 Å². The van der Waals surface area contributed by atoms with Crippen LogP contribution in [0, 0.1) is 11.8 Å². The van der Waals surface area contributed by atoms with Crippen LogP contribution in [0.15, 0.2) is 59.6 Å². The molecule has 10 nitrogen and oxygen atoms in total. The zero-order valence-corrected chi connectivity index (χ0v) is 25.7. The van der Waals surface area contributed by atoms with Gasteiger partial charge in [0, 0.05) is 36.2 Å². The van der Waals surface area contributed by atoms with E-state index in [2.05, 4.69) is 15.1 Å². The Morgan fingerprint density at radius 2 is 1.75 bits per heavy atom. The molecule has 2 aromatic carbocycles. The normalized spacial score (nSPS) is 18.9. The zero-order valence-electron chi connectivity index (χ0n) is 23.4. The minimum atomic E-state index is -4.68. The van der Waals surface area contributed by atoms with Gasteiger partial charge in [-0.2, -0.15) is 31.8 Å². The number of hydroxylamine groups is 2. The minimum absolute atomic E-state index is 0.0472. The number of nitrogens with zero attached hydrogens (tertiary/aromatic N) is 6. The van der Waals surface area contributed by atoms with Crippen molar-refractivity contribution >= 4 is 50.3 Å². The van der Waals surface area contributed by atoms with E-state index >= 15 is 0 Å². The van der Waals surface area contributed by atoms with Gasteiger partial charge in [0.05, 0.1) is 17.1 Å². The summed E-state index contributed by atoms with van der Waals surface area (Å²) in [5, 5.41) is 15.8. The quantitative estimate of drug-likeness (QED) is 0.237. The lowest BCUT2D eigenvalue weighted by Crippen LogP contribution is -2.53. The number of fused-ring (bicyclic) bond motifs is 1. The molecule has 2 saturated heterocycles. The van der Waals surface area contributed by atoms with Crippen molar-refractivity contribution in [2.24, 2.45) is 11.8 Å². The Hall–Kier alpha value is -3.01. The lowest BCUT2D eigenvalue weighted by Gasteiger charge is -2.46. The molecule has 236 valence electrons. The van der Waals surface area contributed by atoms with Crippen LogP contribution in [0.25, 0.3) is 11.2 Å². The first-order valence-corrected chi connectivity index (χ1v) is 15.9. The third-order valence-electron chi connectivity index (χ3n) is 7.82. The van der Waals surface area contributed by atoms with Gasteiger partial charge >= 0.3 is 6.18 Å². The fourth-order valence-electron chi connectivity index (χ4n) is 5.45. The molecule has 0 bridgehead atoms. The molecule has 0 aliphatic carbocycles. The SMILES string of the molecule is CC(c1ccc(Cl)cc1Cl)n1nc(C(F)(F)F)c2ncc(N3CC([C@H]4CCCN(O)C4)C3)nc21.O=S(=O)(O)c1ccccc1. The Bertz CT molecular complexity index is 1740. The van der Waals surface area contributed by atoms with Crippen LogP contribution in [0.2, 0.25) is 10.0 Å². The summed E-state index contributed by atoms with van der Waals surface area (Å²) < 4.78 is 71.7. The third kappa shape index (κ3) is 7.11. The molecule has 0 amide bonds. The van der Waals surface area contributed by atoms with E-state index in [0.29, 0.717) is 46.4 Å². The lowest BCUT2D eigenvalue weighted by molar-refractivity contribution is -0.140. The first kappa shape index (κ1) is 32.4. The molecule has 16 heteroatoms. The zero-order chi connectivity index (χ0) is 31.8. The van der Waals surface area contributed by atoms with Crippen molar-refractivity contribution in [2.45, 2.75) is 36.9 Å². The average Bonchev–Trinajstić information content (AvgIpc) is 3.32. The van der Waals surface area contributed by atoms with Gasteiger partial charge in [0.15, 0.2) is 11.3 Å².